The Morgan fingerprint density at radius 3 is 2.61 bits per heavy atom. The first kappa shape index (κ1) is 15.2. The molecule has 1 aliphatic heterocycles. The van der Waals surface area contributed by atoms with E-state index in [1.165, 1.54) is 29.3 Å². The number of nitrogens with zero attached hydrogens (tertiary/aromatic N) is 1. The molecule has 1 saturated heterocycles. The molecule has 3 rings (SSSR count). The second kappa shape index (κ2) is 6.93. The SMILES string of the molecule is Cl.Cl.c1ccc2cc(C3CCCNC3)ncc2c1. The van der Waals surface area contributed by atoms with Crippen LogP contribution in [0.5, 0.6) is 0 Å². The zero-order valence-electron chi connectivity index (χ0n) is 10.1. The molecule has 98 valence electrons. The molecule has 0 bridgehead atoms. The minimum Gasteiger partial charge on any atom is -0.316 e. The summed E-state index contributed by atoms with van der Waals surface area (Å²) in [6, 6.07) is 10.7. The zero-order valence-corrected chi connectivity index (χ0v) is 11.8. The van der Waals surface area contributed by atoms with Gasteiger partial charge < -0.3 is 5.32 Å². The Labute approximate surface area is 120 Å². The second-order valence-corrected chi connectivity index (χ2v) is 4.50. The van der Waals surface area contributed by atoms with Crippen LogP contribution >= 0.6 is 24.8 Å². The summed E-state index contributed by atoms with van der Waals surface area (Å²) in [5.74, 6) is 0.596. The minimum absolute atomic E-state index is 0. The molecule has 0 radical (unpaired) electrons. The van der Waals surface area contributed by atoms with E-state index in [1.54, 1.807) is 0 Å². The van der Waals surface area contributed by atoms with E-state index in [2.05, 4.69) is 40.6 Å². The maximum absolute atomic E-state index is 4.59. The lowest BCUT2D eigenvalue weighted by Gasteiger charge is -2.22. The topological polar surface area (TPSA) is 24.9 Å². The Kier molecular flexibility index (Phi) is 5.86. The average Bonchev–Trinajstić information content (AvgIpc) is 2.39. The Balaban J connectivity index is 0.000000810. The van der Waals surface area contributed by atoms with E-state index >= 15 is 0 Å². The van der Waals surface area contributed by atoms with E-state index in [0.717, 1.165) is 13.1 Å². The average molecular weight is 285 g/mol. The molecule has 0 aliphatic carbocycles. The van der Waals surface area contributed by atoms with Gasteiger partial charge in [0.15, 0.2) is 0 Å². The highest BCUT2D eigenvalue weighted by atomic mass is 35.5. The molecular weight excluding hydrogens is 267 g/mol. The summed E-state index contributed by atoms with van der Waals surface area (Å²) >= 11 is 0. The molecule has 1 N–H and O–H groups in total. The number of benzene rings is 1. The molecule has 1 fully saturated rings. The van der Waals surface area contributed by atoms with Gasteiger partial charge in [-0.1, -0.05) is 24.3 Å². The third-order valence-corrected chi connectivity index (χ3v) is 3.37. The first-order chi connectivity index (χ1) is 7.93. The molecule has 1 aliphatic rings. The number of halogens is 2. The summed E-state index contributed by atoms with van der Waals surface area (Å²) < 4.78 is 0. The van der Waals surface area contributed by atoms with E-state index in [-0.39, 0.29) is 24.8 Å². The second-order valence-electron chi connectivity index (χ2n) is 4.50. The highest BCUT2D eigenvalue weighted by Gasteiger charge is 2.16. The largest absolute Gasteiger partial charge is 0.316 e. The smallest absolute Gasteiger partial charge is 0.0453 e. The molecule has 1 atom stereocenters. The number of aromatic nitrogens is 1. The molecule has 0 amide bonds. The van der Waals surface area contributed by atoms with Crippen LogP contribution in [-0.4, -0.2) is 18.1 Å². The number of nitrogens with one attached hydrogen (secondary N) is 1. The van der Waals surface area contributed by atoms with E-state index in [1.807, 2.05) is 6.20 Å². The Hall–Kier alpha value is -0.830. The van der Waals surface area contributed by atoms with Crippen molar-refractivity contribution in [3.05, 3.63) is 42.2 Å². The predicted molar refractivity (Wildman–Crippen MR) is 81.1 cm³/mol. The van der Waals surface area contributed by atoms with E-state index in [9.17, 15) is 0 Å². The van der Waals surface area contributed by atoms with Crippen molar-refractivity contribution in [2.75, 3.05) is 13.1 Å². The number of hydrogen-bond donors (Lipinski definition) is 1. The van der Waals surface area contributed by atoms with Gasteiger partial charge >= 0.3 is 0 Å². The molecular formula is C14H18Cl2N2. The van der Waals surface area contributed by atoms with Gasteiger partial charge in [0.05, 0.1) is 0 Å². The van der Waals surface area contributed by atoms with E-state index < -0.39 is 0 Å². The molecule has 18 heavy (non-hydrogen) atoms. The highest BCUT2D eigenvalue weighted by molar-refractivity contribution is 5.85. The molecule has 2 heterocycles. The van der Waals surface area contributed by atoms with Gasteiger partial charge in [0.25, 0.3) is 0 Å². The zero-order chi connectivity index (χ0) is 10.8. The van der Waals surface area contributed by atoms with Crippen molar-refractivity contribution in [3.8, 4) is 0 Å². The van der Waals surface area contributed by atoms with Gasteiger partial charge in [-0.2, -0.15) is 0 Å². The van der Waals surface area contributed by atoms with Gasteiger partial charge in [-0.05, 0) is 30.8 Å². The fourth-order valence-corrected chi connectivity index (χ4v) is 2.43. The molecule has 2 nitrogen and oxygen atoms in total. The lowest BCUT2D eigenvalue weighted by atomic mass is 9.95. The lowest BCUT2D eigenvalue weighted by Crippen LogP contribution is -2.28. The van der Waals surface area contributed by atoms with Crippen molar-refractivity contribution in [1.29, 1.82) is 0 Å². The van der Waals surface area contributed by atoms with Crippen molar-refractivity contribution in [2.24, 2.45) is 0 Å². The molecule has 4 heteroatoms. The summed E-state index contributed by atoms with van der Waals surface area (Å²) in [5.41, 5.74) is 1.24. The van der Waals surface area contributed by atoms with Crippen molar-refractivity contribution < 1.29 is 0 Å². The van der Waals surface area contributed by atoms with Crippen LogP contribution in [0.1, 0.15) is 24.5 Å². The maximum atomic E-state index is 4.59. The summed E-state index contributed by atoms with van der Waals surface area (Å²) in [6.45, 7) is 2.23. The third-order valence-electron chi connectivity index (χ3n) is 3.37. The molecule has 1 aromatic heterocycles. The summed E-state index contributed by atoms with van der Waals surface area (Å²) in [6.07, 6.45) is 4.52. The van der Waals surface area contributed by atoms with E-state index in [0.29, 0.717) is 5.92 Å². The first-order valence-corrected chi connectivity index (χ1v) is 5.99. The van der Waals surface area contributed by atoms with Crippen molar-refractivity contribution in [3.63, 3.8) is 0 Å². The number of fused-ring (bicyclic) bond motifs is 1. The molecule has 1 unspecified atom stereocenters. The van der Waals surface area contributed by atoms with Gasteiger partial charge in [0, 0.05) is 29.7 Å². The summed E-state index contributed by atoms with van der Waals surface area (Å²) in [7, 11) is 0. The van der Waals surface area contributed by atoms with Gasteiger partial charge in [0.1, 0.15) is 0 Å². The minimum atomic E-state index is 0. The van der Waals surface area contributed by atoms with E-state index in [4.69, 9.17) is 0 Å². The number of piperidine rings is 1. The van der Waals surface area contributed by atoms with Gasteiger partial charge in [-0.15, -0.1) is 24.8 Å². The standard InChI is InChI=1S/C14H16N2.2ClH/c1-2-5-12-10-16-14(8-11(12)4-1)13-6-3-7-15-9-13;;/h1-2,4-5,8,10,13,15H,3,6-7,9H2;2*1H. The van der Waals surface area contributed by atoms with Crippen LogP contribution in [-0.2, 0) is 0 Å². The van der Waals surface area contributed by atoms with Crippen LogP contribution in [0, 0.1) is 0 Å². The Morgan fingerprint density at radius 2 is 1.89 bits per heavy atom. The van der Waals surface area contributed by atoms with Crippen LogP contribution in [0.3, 0.4) is 0 Å². The van der Waals surface area contributed by atoms with Crippen LogP contribution < -0.4 is 5.32 Å². The lowest BCUT2D eigenvalue weighted by molar-refractivity contribution is 0.455. The fourth-order valence-electron chi connectivity index (χ4n) is 2.43. The summed E-state index contributed by atoms with van der Waals surface area (Å²) in [5, 5.41) is 5.98. The molecule has 2 aromatic rings. The van der Waals surface area contributed by atoms with Gasteiger partial charge in [-0.25, -0.2) is 0 Å². The monoisotopic (exact) mass is 284 g/mol. The van der Waals surface area contributed by atoms with Crippen LogP contribution in [0.25, 0.3) is 10.8 Å². The van der Waals surface area contributed by atoms with Crippen molar-refractivity contribution in [2.45, 2.75) is 18.8 Å². The number of hydrogen-bond acceptors (Lipinski definition) is 2. The maximum Gasteiger partial charge on any atom is 0.0453 e. The molecule has 0 saturated carbocycles. The first-order valence-electron chi connectivity index (χ1n) is 5.99. The highest BCUT2D eigenvalue weighted by Crippen LogP contribution is 2.24. The predicted octanol–water partition coefficient (Wildman–Crippen LogP) is 3.55. The third kappa shape index (κ3) is 3.14. The van der Waals surface area contributed by atoms with Gasteiger partial charge in [-0.3, -0.25) is 4.98 Å². The normalized spacial score (nSPS) is 18.8. The van der Waals surface area contributed by atoms with Crippen LogP contribution in [0.4, 0.5) is 0 Å². The van der Waals surface area contributed by atoms with Gasteiger partial charge in [0.2, 0.25) is 0 Å². The fraction of sp³-hybridized carbons (Fsp3) is 0.357. The Bertz CT molecular complexity index is 496. The van der Waals surface area contributed by atoms with Crippen molar-refractivity contribution in [1.82, 2.24) is 10.3 Å². The number of pyridine rings is 1. The quantitative estimate of drug-likeness (QED) is 0.866. The Morgan fingerprint density at radius 1 is 1.11 bits per heavy atom. The molecule has 1 aromatic carbocycles. The van der Waals surface area contributed by atoms with Crippen LogP contribution in [0.15, 0.2) is 36.5 Å². The van der Waals surface area contributed by atoms with Crippen LogP contribution in [0.2, 0.25) is 0 Å². The molecule has 0 spiro atoms. The van der Waals surface area contributed by atoms with Crippen molar-refractivity contribution >= 4 is 35.6 Å². The number of rotatable bonds is 1. The summed E-state index contributed by atoms with van der Waals surface area (Å²) in [4.78, 5) is 4.59.